The summed E-state index contributed by atoms with van der Waals surface area (Å²) in [5.41, 5.74) is 3.47. The number of amides is 1. The van der Waals surface area contributed by atoms with Crippen molar-refractivity contribution in [2.75, 3.05) is 56.6 Å². The number of ether oxygens (including phenoxy) is 1. The van der Waals surface area contributed by atoms with Gasteiger partial charge in [-0.1, -0.05) is 36.9 Å². The number of methoxy groups -OCH3 is 1. The van der Waals surface area contributed by atoms with Gasteiger partial charge in [0.15, 0.2) is 5.65 Å². The van der Waals surface area contributed by atoms with Crippen LogP contribution in [0.2, 0.25) is 0 Å². The zero-order valence-corrected chi connectivity index (χ0v) is 23.6. The fourth-order valence-electron chi connectivity index (χ4n) is 5.70. The molecule has 42 heavy (non-hydrogen) atoms. The molecule has 2 aliphatic heterocycles. The standard InChI is InChI=1S/C31H34N8O3/c1-3-27(40)38-15-7-10-23(20-38)39-29-25(34-28(30(39)41)21-8-5-4-6-9-21)19-33-31(36-29)35-24-12-11-22(18-26(24)42-2)37-16-13-32-14-17-37/h3-6,8-9,11-12,18-19,23,32H,1,7,10,13-17,20H2,2H3,(H,33,35,36)/t23-/m1/s1. The van der Waals surface area contributed by atoms with Crippen molar-refractivity contribution in [1.82, 2.24) is 29.7 Å². The van der Waals surface area contributed by atoms with Crippen LogP contribution >= 0.6 is 0 Å². The second kappa shape index (κ2) is 12.0. The predicted molar refractivity (Wildman–Crippen MR) is 163 cm³/mol. The summed E-state index contributed by atoms with van der Waals surface area (Å²) in [6.45, 7) is 8.37. The third-order valence-corrected chi connectivity index (χ3v) is 7.84. The molecule has 2 aliphatic rings. The first kappa shape index (κ1) is 27.4. The van der Waals surface area contributed by atoms with Gasteiger partial charge in [-0.3, -0.25) is 14.2 Å². The molecule has 0 saturated carbocycles. The molecule has 11 heteroatoms. The van der Waals surface area contributed by atoms with E-state index in [0.717, 1.165) is 44.7 Å². The first-order valence-electron chi connectivity index (χ1n) is 14.2. The van der Waals surface area contributed by atoms with Gasteiger partial charge in [0.2, 0.25) is 11.9 Å². The summed E-state index contributed by atoms with van der Waals surface area (Å²) in [4.78, 5) is 44.6. The van der Waals surface area contributed by atoms with Gasteiger partial charge in [0, 0.05) is 56.6 Å². The number of hydrogen-bond acceptors (Lipinski definition) is 9. The van der Waals surface area contributed by atoms with E-state index in [1.807, 2.05) is 48.5 Å². The normalized spacial score (nSPS) is 17.2. The van der Waals surface area contributed by atoms with Gasteiger partial charge in [-0.2, -0.15) is 4.98 Å². The molecule has 0 bridgehead atoms. The molecule has 0 aliphatic carbocycles. The summed E-state index contributed by atoms with van der Waals surface area (Å²) in [6, 6.07) is 15.1. The Labute approximate surface area is 243 Å². The topological polar surface area (TPSA) is 118 Å². The lowest BCUT2D eigenvalue weighted by atomic mass is 10.0. The van der Waals surface area contributed by atoms with Gasteiger partial charge in [-0.25, -0.2) is 9.97 Å². The van der Waals surface area contributed by atoms with Gasteiger partial charge < -0.3 is 25.2 Å². The molecule has 4 aromatic rings. The van der Waals surface area contributed by atoms with Gasteiger partial charge in [0.05, 0.1) is 25.0 Å². The van der Waals surface area contributed by atoms with Crippen molar-refractivity contribution in [3.8, 4) is 17.0 Å². The van der Waals surface area contributed by atoms with Crippen molar-refractivity contribution >= 4 is 34.4 Å². The van der Waals surface area contributed by atoms with Crippen LogP contribution in [0.4, 0.5) is 17.3 Å². The van der Waals surface area contributed by atoms with Crippen LogP contribution in [-0.2, 0) is 4.79 Å². The number of rotatable bonds is 7. The number of nitrogens with one attached hydrogen (secondary N) is 2. The van der Waals surface area contributed by atoms with Crippen LogP contribution in [0, 0.1) is 0 Å². The Kier molecular flexibility index (Phi) is 7.83. The molecule has 0 unspecified atom stereocenters. The van der Waals surface area contributed by atoms with E-state index in [9.17, 15) is 9.59 Å². The maximum atomic E-state index is 14.1. The Hall–Kier alpha value is -4.77. The Morgan fingerprint density at radius 2 is 1.93 bits per heavy atom. The smallest absolute Gasteiger partial charge is 0.279 e. The maximum Gasteiger partial charge on any atom is 0.279 e. The molecule has 2 saturated heterocycles. The second-order valence-corrected chi connectivity index (χ2v) is 10.4. The molecule has 216 valence electrons. The zero-order valence-electron chi connectivity index (χ0n) is 23.6. The molecule has 6 rings (SSSR count). The van der Waals surface area contributed by atoms with Gasteiger partial charge in [0.25, 0.3) is 5.56 Å². The summed E-state index contributed by atoms with van der Waals surface area (Å²) < 4.78 is 7.40. The molecule has 2 aromatic heterocycles. The zero-order chi connectivity index (χ0) is 29.1. The van der Waals surface area contributed by atoms with Gasteiger partial charge in [-0.15, -0.1) is 0 Å². The third kappa shape index (κ3) is 5.42. The van der Waals surface area contributed by atoms with Crippen molar-refractivity contribution in [3.05, 3.63) is 77.7 Å². The van der Waals surface area contributed by atoms with Crippen molar-refractivity contribution in [1.29, 1.82) is 0 Å². The maximum absolute atomic E-state index is 14.1. The number of aromatic nitrogens is 4. The summed E-state index contributed by atoms with van der Waals surface area (Å²) in [5, 5.41) is 6.65. The van der Waals surface area contributed by atoms with E-state index < -0.39 is 0 Å². The number of fused-ring (bicyclic) bond motifs is 1. The minimum Gasteiger partial charge on any atom is -0.494 e. The number of likely N-dealkylation sites (tertiary alicyclic amines) is 1. The largest absolute Gasteiger partial charge is 0.494 e. The molecule has 2 aromatic carbocycles. The van der Waals surface area contributed by atoms with Crippen LogP contribution in [0.3, 0.4) is 0 Å². The molecule has 2 fully saturated rings. The fourth-order valence-corrected chi connectivity index (χ4v) is 5.70. The number of carbonyl (C=O) groups excluding carboxylic acids is 1. The van der Waals surface area contributed by atoms with Crippen molar-refractivity contribution in [2.24, 2.45) is 0 Å². The highest BCUT2D eigenvalue weighted by Crippen LogP contribution is 2.32. The molecule has 0 spiro atoms. The monoisotopic (exact) mass is 566 g/mol. The minimum atomic E-state index is -0.279. The van der Waals surface area contributed by atoms with E-state index in [0.29, 0.717) is 52.9 Å². The highest BCUT2D eigenvalue weighted by molar-refractivity contribution is 5.87. The molecular formula is C31H34N8O3. The molecule has 1 amide bonds. The SMILES string of the molecule is C=CC(=O)N1CCC[C@@H](n2c(=O)c(-c3ccccc3)nc3cnc(Nc4ccc(N5CCNCC5)cc4OC)nc32)C1. The van der Waals surface area contributed by atoms with E-state index in [4.69, 9.17) is 14.7 Å². The summed E-state index contributed by atoms with van der Waals surface area (Å²) in [5.74, 6) is 0.825. The first-order valence-corrected chi connectivity index (χ1v) is 14.2. The number of hydrogen-bond donors (Lipinski definition) is 2. The van der Waals surface area contributed by atoms with Gasteiger partial charge in [0.1, 0.15) is 17.0 Å². The van der Waals surface area contributed by atoms with Crippen molar-refractivity contribution in [2.45, 2.75) is 18.9 Å². The molecular weight excluding hydrogens is 532 g/mol. The van der Waals surface area contributed by atoms with E-state index in [-0.39, 0.29) is 17.5 Å². The number of carbonyl (C=O) groups is 1. The fraction of sp³-hybridized carbons (Fsp3) is 0.323. The van der Waals surface area contributed by atoms with Crippen LogP contribution in [0.25, 0.3) is 22.4 Å². The lowest BCUT2D eigenvalue weighted by Gasteiger charge is -2.33. The van der Waals surface area contributed by atoms with Gasteiger partial charge in [-0.05, 0) is 31.1 Å². The van der Waals surface area contributed by atoms with Crippen LogP contribution in [0.5, 0.6) is 5.75 Å². The summed E-state index contributed by atoms with van der Waals surface area (Å²) >= 11 is 0. The quantitative estimate of drug-likeness (QED) is 0.325. The third-order valence-electron chi connectivity index (χ3n) is 7.84. The lowest BCUT2D eigenvalue weighted by molar-refractivity contribution is -0.127. The number of piperazine rings is 1. The number of piperidine rings is 1. The molecule has 0 radical (unpaired) electrons. The van der Waals surface area contributed by atoms with Crippen LogP contribution < -0.4 is 25.8 Å². The number of benzene rings is 2. The Balaban J connectivity index is 1.41. The highest BCUT2D eigenvalue weighted by atomic mass is 16.5. The summed E-state index contributed by atoms with van der Waals surface area (Å²) in [6.07, 6.45) is 4.43. The molecule has 4 heterocycles. The first-order chi connectivity index (χ1) is 20.6. The van der Waals surface area contributed by atoms with Gasteiger partial charge >= 0.3 is 0 Å². The van der Waals surface area contributed by atoms with Crippen LogP contribution in [0.15, 0.2) is 72.2 Å². The molecule has 2 N–H and O–H groups in total. The number of nitrogens with zero attached hydrogens (tertiary/aromatic N) is 6. The predicted octanol–water partition coefficient (Wildman–Crippen LogP) is 3.36. The van der Waals surface area contributed by atoms with E-state index in [1.54, 1.807) is 22.8 Å². The molecule has 11 nitrogen and oxygen atoms in total. The average Bonchev–Trinajstić information content (AvgIpc) is 3.05. The Bertz CT molecular complexity index is 1670. The Morgan fingerprint density at radius 1 is 1.12 bits per heavy atom. The summed E-state index contributed by atoms with van der Waals surface area (Å²) in [7, 11) is 1.63. The highest BCUT2D eigenvalue weighted by Gasteiger charge is 2.28. The van der Waals surface area contributed by atoms with Crippen molar-refractivity contribution in [3.63, 3.8) is 0 Å². The van der Waals surface area contributed by atoms with E-state index in [1.165, 1.54) is 6.08 Å². The van der Waals surface area contributed by atoms with Crippen molar-refractivity contribution < 1.29 is 9.53 Å². The van der Waals surface area contributed by atoms with E-state index >= 15 is 0 Å². The second-order valence-electron chi connectivity index (χ2n) is 10.4. The number of anilines is 3. The Morgan fingerprint density at radius 3 is 2.69 bits per heavy atom. The molecule has 1 atom stereocenters. The van der Waals surface area contributed by atoms with Crippen LogP contribution in [0.1, 0.15) is 18.9 Å². The van der Waals surface area contributed by atoms with Crippen LogP contribution in [-0.4, -0.2) is 76.7 Å². The lowest BCUT2D eigenvalue weighted by Crippen LogP contribution is -2.43. The van der Waals surface area contributed by atoms with E-state index in [2.05, 4.69) is 27.1 Å². The average molecular weight is 567 g/mol. The minimum absolute atomic E-state index is 0.150.